The molecule has 11 heteroatoms. The largest absolute Gasteiger partial charge is 0.468 e. The third kappa shape index (κ3) is 10.2. The second kappa shape index (κ2) is 13.8. The lowest BCUT2D eigenvalue weighted by atomic mass is 10.1. The topological polar surface area (TPSA) is 87.6 Å². The van der Waals surface area contributed by atoms with E-state index in [1.807, 2.05) is 25.1 Å². The molecule has 0 atom stereocenters. The molecule has 1 amide bonds. The van der Waals surface area contributed by atoms with Crippen LogP contribution in [0.25, 0.3) is 0 Å². The lowest BCUT2D eigenvalue weighted by Gasteiger charge is -2.12. The van der Waals surface area contributed by atoms with Crippen LogP contribution in [0.5, 0.6) is 5.88 Å². The van der Waals surface area contributed by atoms with Gasteiger partial charge in [-0.25, -0.2) is 9.98 Å². The van der Waals surface area contributed by atoms with Gasteiger partial charge in [-0.1, -0.05) is 18.2 Å². The first-order chi connectivity index (χ1) is 14.8. The number of guanidine groups is 1. The molecular weight excluding hydrogens is 538 g/mol. The number of pyridine rings is 1. The number of alkyl halides is 3. The molecule has 0 spiro atoms. The Bertz CT molecular complexity index is 876. The number of carbonyl (C=O) groups is 1. The number of hydrogen-bond donors (Lipinski definition) is 3. The summed E-state index contributed by atoms with van der Waals surface area (Å²) in [6.45, 7) is 2.14. The van der Waals surface area contributed by atoms with Gasteiger partial charge in [0.15, 0.2) is 12.6 Å². The first-order valence-electron chi connectivity index (χ1n) is 9.78. The molecule has 1 heterocycles. The van der Waals surface area contributed by atoms with Gasteiger partial charge in [-0.05, 0) is 36.6 Å². The molecule has 1 aromatic heterocycles. The first kappa shape index (κ1) is 27.5. The Kier molecular flexibility index (Phi) is 11.8. The monoisotopic (exact) mass is 565 g/mol. The van der Waals surface area contributed by atoms with Gasteiger partial charge < -0.3 is 20.7 Å². The molecule has 0 aliphatic rings. The number of nitrogens with one attached hydrogen (secondary N) is 3. The van der Waals surface area contributed by atoms with E-state index < -0.39 is 12.8 Å². The van der Waals surface area contributed by atoms with Gasteiger partial charge in [-0.3, -0.25) is 4.79 Å². The number of benzene rings is 1. The van der Waals surface area contributed by atoms with Crippen molar-refractivity contribution in [1.82, 2.24) is 20.9 Å². The molecule has 0 bridgehead atoms. The fourth-order valence-electron chi connectivity index (χ4n) is 2.60. The zero-order chi connectivity index (χ0) is 22.7. The van der Waals surface area contributed by atoms with Crippen molar-refractivity contribution in [3.8, 4) is 5.88 Å². The van der Waals surface area contributed by atoms with E-state index in [4.69, 9.17) is 0 Å². The van der Waals surface area contributed by atoms with Crippen LogP contribution in [0.3, 0.4) is 0 Å². The second-order valence-corrected chi connectivity index (χ2v) is 6.56. The Morgan fingerprint density at radius 2 is 1.94 bits per heavy atom. The molecule has 3 N–H and O–H groups in total. The Morgan fingerprint density at radius 1 is 1.16 bits per heavy atom. The number of halogens is 4. The van der Waals surface area contributed by atoms with Gasteiger partial charge in [0.2, 0.25) is 5.88 Å². The highest BCUT2D eigenvalue weighted by Gasteiger charge is 2.28. The van der Waals surface area contributed by atoms with Gasteiger partial charge in [0.1, 0.15) is 0 Å². The zero-order valence-electron chi connectivity index (χ0n) is 17.8. The predicted molar refractivity (Wildman–Crippen MR) is 128 cm³/mol. The number of nitrogens with zero attached hydrogens (tertiary/aromatic N) is 2. The van der Waals surface area contributed by atoms with Crippen LogP contribution in [0.1, 0.15) is 28.4 Å². The molecule has 0 saturated carbocycles. The maximum atomic E-state index is 12.2. The summed E-state index contributed by atoms with van der Waals surface area (Å²) in [4.78, 5) is 20.1. The van der Waals surface area contributed by atoms with Crippen LogP contribution < -0.4 is 20.7 Å². The van der Waals surface area contributed by atoms with E-state index in [2.05, 4.69) is 30.7 Å². The van der Waals surface area contributed by atoms with Crippen LogP contribution in [-0.2, 0) is 13.0 Å². The van der Waals surface area contributed by atoms with Crippen molar-refractivity contribution >= 4 is 35.8 Å². The van der Waals surface area contributed by atoms with E-state index in [1.54, 1.807) is 19.2 Å². The number of carbonyl (C=O) groups excluding carboxylic acids is 1. The van der Waals surface area contributed by atoms with E-state index in [9.17, 15) is 18.0 Å². The van der Waals surface area contributed by atoms with Gasteiger partial charge in [-0.15, -0.1) is 24.0 Å². The molecule has 0 radical (unpaired) electrons. The molecule has 0 saturated heterocycles. The standard InChI is InChI=1S/C21H26F3N5O2.HI/c1-3-26-20(27-10-9-15-5-4-6-17(11-15)19(30)25-2)29-13-16-7-8-18(28-12-16)31-14-21(22,23)24;/h4-8,11-12H,3,9-10,13-14H2,1-2H3,(H,25,30)(H2,26,27,29);1H. The van der Waals surface area contributed by atoms with Gasteiger partial charge in [0.25, 0.3) is 5.91 Å². The first-order valence-corrected chi connectivity index (χ1v) is 9.78. The molecule has 2 rings (SSSR count). The molecule has 0 unspecified atom stereocenters. The summed E-state index contributed by atoms with van der Waals surface area (Å²) in [5.74, 6) is 0.379. The predicted octanol–water partition coefficient (Wildman–Crippen LogP) is 3.30. The smallest absolute Gasteiger partial charge is 0.422 e. The van der Waals surface area contributed by atoms with E-state index in [0.29, 0.717) is 37.6 Å². The minimum Gasteiger partial charge on any atom is -0.468 e. The lowest BCUT2D eigenvalue weighted by Crippen LogP contribution is -2.38. The van der Waals surface area contributed by atoms with Crippen molar-refractivity contribution < 1.29 is 22.7 Å². The van der Waals surface area contributed by atoms with Crippen LogP contribution in [0.2, 0.25) is 0 Å². The Balaban J connectivity index is 0.00000512. The Morgan fingerprint density at radius 3 is 2.56 bits per heavy atom. The Labute approximate surface area is 202 Å². The molecule has 2 aromatic rings. The van der Waals surface area contributed by atoms with Crippen LogP contribution >= 0.6 is 24.0 Å². The average molecular weight is 565 g/mol. The Hall–Kier alpha value is -2.57. The van der Waals surface area contributed by atoms with Crippen LogP contribution in [0.4, 0.5) is 13.2 Å². The molecule has 176 valence electrons. The fraction of sp³-hybridized carbons (Fsp3) is 0.381. The van der Waals surface area contributed by atoms with Crippen molar-refractivity contribution in [2.75, 3.05) is 26.7 Å². The summed E-state index contributed by atoms with van der Waals surface area (Å²) in [5, 5.41) is 8.95. The van der Waals surface area contributed by atoms with Crippen molar-refractivity contribution in [2.45, 2.75) is 26.1 Å². The SMILES string of the molecule is CCNC(=NCc1ccc(OCC(F)(F)F)nc1)NCCc1cccc(C(=O)NC)c1.I. The average Bonchev–Trinajstić information content (AvgIpc) is 2.76. The van der Waals surface area contributed by atoms with Crippen LogP contribution in [0, 0.1) is 0 Å². The molecule has 32 heavy (non-hydrogen) atoms. The van der Waals surface area contributed by atoms with E-state index in [-0.39, 0.29) is 35.8 Å². The fourth-order valence-corrected chi connectivity index (χ4v) is 2.60. The summed E-state index contributed by atoms with van der Waals surface area (Å²) < 4.78 is 41.1. The van der Waals surface area contributed by atoms with Gasteiger partial charge in [0.05, 0.1) is 6.54 Å². The van der Waals surface area contributed by atoms with Gasteiger partial charge in [-0.2, -0.15) is 13.2 Å². The quantitative estimate of drug-likeness (QED) is 0.247. The highest BCUT2D eigenvalue weighted by atomic mass is 127. The summed E-state index contributed by atoms with van der Waals surface area (Å²) in [6, 6.07) is 10.4. The zero-order valence-corrected chi connectivity index (χ0v) is 20.2. The number of rotatable bonds is 9. The number of amides is 1. The lowest BCUT2D eigenvalue weighted by molar-refractivity contribution is -0.154. The molecular formula is C21H27F3IN5O2. The summed E-state index contributed by atoms with van der Waals surface area (Å²) in [7, 11) is 1.59. The minimum absolute atomic E-state index is 0. The third-order valence-corrected chi connectivity index (χ3v) is 4.07. The van der Waals surface area contributed by atoms with Crippen molar-refractivity contribution in [2.24, 2.45) is 4.99 Å². The molecule has 0 aliphatic carbocycles. The number of aromatic nitrogens is 1. The second-order valence-electron chi connectivity index (χ2n) is 6.56. The maximum Gasteiger partial charge on any atom is 0.422 e. The molecule has 0 fully saturated rings. The number of aliphatic imine (C=N–C) groups is 1. The van der Waals surface area contributed by atoms with Gasteiger partial charge >= 0.3 is 6.18 Å². The number of hydrogen-bond acceptors (Lipinski definition) is 4. The van der Waals surface area contributed by atoms with E-state index >= 15 is 0 Å². The molecule has 7 nitrogen and oxygen atoms in total. The normalized spacial score (nSPS) is 11.3. The highest BCUT2D eigenvalue weighted by Crippen LogP contribution is 2.17. The third-order valence-electron chi connectivity index (χ3n) is 4.07. The molecule has 0 aliphatic heterocycles. The van der Waals surface area contributed by atoms with Crippen molar-refractivity contribution in [3.05, 3.63) is 59.3 Å². The number of ether oxygens (including phenoxy) is 1. The summed E-state index contributed by atoms with van der Waals surface area (Å²) in [6.07, 6.45) is -2.27. The van der Waals surface area contributed by atoms with E-state index in [1.165, 1.54) is 12.3 Å². The van der Waals surface area contributed by atoms with Crippen LogP contribution in [0.15, 0.2) is 47.6 Å². The minimum atomic E-state index is -4.40. The van der Waals surface area contributed by atoms with Crippen molar-refractivity contribution in [3.63, 3.8) is 0 Å². The summed E-state index contributed by atoms with van der Waals surface area (Å²) >= 11 is 0. The summed E-state index contributed by atoms with van der Waals surface area (Å²) in [5.41, 5.74) is 2.36. The maximum absolute atomic E-state index is 12.2. The van der Waals surface area contributed by atoms with Crippen molar-refractivity contribution in [1.29, 1.82) is 0 Å². The highest BCUT2D eigenvalue weighted by molar-refractivity contribution is 14.0. The van der Waals surface area contributed by atoms with E-state index in [0.717, 1.165) is 11.1 Å². The van der Waals surface area contributed by atoms with Gasteiger partial charge in [0, 0.05) is 38.0 Å². The van der Waals surface area contributed by atoms with Crippen LogP contribution in [-0.4, -0.2) is 49.8 Å². The molecule has 1 aromatic carbocycles.